The van der Waals surface area contributed by atoms with Crippen LogP contribution in [0.1, 0.15) is 0 Å². The minimum absolute atomic E-state index is 0.206. The highest BCUT2D eigenvalue weighted by Crippen LogP contribution is 2.38. The van der Waals surface area contributed by atoms with Crippen LogP contribution in [0.4, 0.5) is 10.2 Å². The number of halogens is 3. The molecule has 0 aliphatic carbocycles. The summed E-state index contributed by atoms with van der Waals surface area (Å²) in [5.41, 5.74) is 7.47. The lowest BCUT2D eigenvalue weighted by Gasteiger charge is -2.05. The summed E-state index contributed by atoms with van der Waals surface area (Å²) in [6, 6.07) is 11.8. The van der Waals surface area contributed by atoms with Crippen molar-refractivity contribution in [2.45, 2.75) is 0 Å². The van der Waals surface area contributed by atoms with Crippen molar-refractivity contribution >= 4 is 33.3 Å². The van der Waals surface area contributed by atoms with Crippen LogP contribution in [0.3, 0.4) is 0 Å². The quantitative estimate of drug-likeness (QED) is 0.682. The Kier molecular flexibility index (Phi) is 3.69. The van der Waals surface area contributed by atoms with Gasteiger partial charge in [-0.2, -0.15) is 0 Å². The second-order valence-electron chi connectivity index (χ2n) is 4.41. The van der Waals surface area contributed by atoms with E-state index in [-0.39, 0.29) is 17.1 Å². The van der Waals surface area contributed by atoms with Gasteiger partial charge in [-0.3, -0.25) is 0 Å². The van der Waals surface area contributed by atoms with Crippen LogP contribution in [0.5, 0.6) is 0 Å². The second kappa shape index (κ2) is 5.50. The van der Waals surface area contributed by atoms with Crippen LogP contribution < -0.4 is 5.73 Å². The van der Waals surface area contributed by atoms with Crippen LogP contribution in [-0.4, -0.2) is 5.16 Å². The molecule has 2 aromatic carbocycles. The first-order valence-corrected chi connectivity index (χ1v) is 7.20. The molecule has 0 bridgehead atoms. The van der Waals surface area contributed by atoms with Crippen LogP contribution >= 0.6 is 27.5 Å². The van der Waals surface area contributed by atoms with Crippen LogP contribution in [0.25, 0.3) is 22.5 Å². The number of benzene rings is 2. The fraction of sp³-hybridized carbons (Fsp3) is 0. The van der Waals surface area contributed by atoms with Crippen LogP contribution in [-0.2, 0) is 0 Å². The lowest BCUT2D eigenvalue weighted by Crippen LogP contribution is -1.90. The highest BCUT2D eigenvalue weighted by molar-refractivity contribution is 9.10. The molecule has 0 atom stereocenters. The summed E-state index contributed by atoms with van der Waals surface area (Å²) >= 11 is 9.16. The Hall–Kier alpha value is -1.85. The zero-order valence-corrected chi connectivity index (χ0v) is 13.0. The summed E-state index contributed by atoms with van der Waals surface area (Å²) in [6.07, 6.45) is 0. The van der Waals surface area contributed by atoms with E-state index in [1.54, 1.807) is 12.1 Å². The molecule has 2 N–H and O–H groups in total. The third kappa shape index (κ3) is 2.66. The van der Waals surface area contributed by atoms with Crippen molar-refractivity contribution < 1.29 is 8.91 Å². The zero-order chi connectivity index (χ0) is 15.0. The van der Waals surface area contributed by atoms with Gasteiger partial charge in [-0.05, 0) is 35.9 Å². The van der Waals surface area contributed by atoms with Crippen molar-refractivity contribution in [3.05, 3.63) is 57.8 Å². The predicted octanol–water partition coefficient (Wildman–Crippen LogP) is 5.15. The second-order valence-corrected chi connectivity index (χ2v) is 5.76. The highest BCUT2D eigenvalue weighted by atomic mass is 79.9. The van der Waals surface area contributed by atoms with Crippen LogP contribution in [0.15, 0.2) is 51.5 Å². The Morgan fingerprint density at radius 2 is 2.00 bits per heavy atom. The predicted molar refractivity (Wildman–Crippen MR) is 84.5 cm³/mol. The molecular formula is C15H9BrClFN2O. The Balaban J connectivity index is 2.22. The van der Waals surface area contributed by atoms with Crippen molar-refractivity contribution in [1.29, 1.82) is 0 Å². The van der Waals surface area contributed by atoms with E-state index in [4.69, 9.17) is 21.9 Å². The van der Waals surface area contributed by atoms with Gasteiger partial charge in [-0.1, -0.05) is 44.8 Å². The number of nitrogen functional groups attached to an aromatic ring is 1. The minimum atomic E-state index is -0.491. The standard InChI is InChI=1S/C15H9BrClFN2O/c16-9-3-1-2-8(6-9)13-14(21-20-15(13)19)11-5-4-10(17)7-12(11)18/h1-7H,(H2,19,20). The number of anilines is 1. The summed E-state index contributed by atoms with van der Waals surface area (Å²) in [6.45, 7) is 0. The zero-order valence-electron chi connectivity index (χ0n) is 10.6. The third-order valence-corrected chi connectivity index (χ3v) is 3.74. The molecule has 0 fully saturated rings. The lowest BCUT2D eigenvalue weighted by atomic mass is 10.0. The van der Waals surface area contributed by atoms with Gasteiger partial charge < -0.3 is 10.3 Å². The molecule has 0 saturated carbocycles. The molecule has 3 nitrogen and oxygen atoms in total. The van der Waals surface area contributed by atoms with E-state index in [1.165, 1.54) is 6.07 Å². The summed E-state index contributed by atoms with van der Waals surface area (Å²) < 4.78 is 20.2. The summed E-state index contributed by atoms with van der Waals surface area (Å²) in [5.74, 6) is -0.00730. The fourth-order valence-corrected chi connectivity index (χ4v) is 2.64. The van der Waals surface area contributed by atoms with Crippen molar-refractivity contribution in [1.82, 2.24) is 5.16 Å². The first-order valence-electron chi connectivity index (χ1n) is 6.03. The topological polar surface area (TPSA) is 52.0 Å². The van der Waals surface area contributed by atoms with E-state index in [0.29, 0.717) is 10.6 Å². The number of hydrogen-bond acceptors (Lipinski definition) is 3. The van der Waals surface area contributed by atoms with Gasteiger partial charge in [0.15, 0.2) is 11.6 Å². The normalized spacial score (nSPS) is 10.8. The van der Waals surface area contributed by atoms with Gasteiger partial charge in [0, 0.05) is 9.50 Å². The monoisotopic (exact) mass is 366 g/mol. The molecule has 0 amide bonds. The van der Waals surface area contributed by atoms with Crippen LogP contribution in [0, 0.1) is 5.82 Å². The van der Waals surface area contributed by atoms with Crippen molar-refractivity contribution in [3.63, 3.8) is 0 Å². The molecule has 1 heterocycles. The Bertz CT molecular complexity index is 819. The maximum atomic E-state index is 14.1. The summed E-state index contributed by atoms with van der Waals surface area (Å²) in [4.78, 5) is 0. The Morgan fingerprint density at radius 3 is 2.71 bits per heavy atom. The molecule has 0 aliphatic rings. The molecule has 21 heavy (non-hydrogen) atoms. The molecule has 0 unspecified atom stereocenters. The average Bonchev–Trinajstić information content (AvgIpc) is 2.80. The number of nitrogens with two attached hydrogens (primary N) is 1. The molecule has 6 heteroatoms. The van der Waals surface area contributed by atoms with Gasteiger partial charge in [0.25, 0.3) is 0 Å². The number of aromatic nitrogens is 1. The minimum Gasteiger partial charge on any atom is -0.380 e. The fourth-order valence-electron chi connectivity index (χ4n) is 2.08. The molecule has 3 rings (SSSR count). The molecule has 0 radical (unpaired) electrons. The molecule has 1 aromatic heterocycles. The molecular weight excluding hydrogens is 359 g/mol. The van der Waals surface area contributed by atoms with E-state index in [0.717, 1.165) is 10.0 Å². The van der Waals surface area contributed by atoms with E-state index in [1.807, 2.05) is 24.3 Å². The lowest BCUT2D eigenvalue weighted by molar-refractivity contribution is 0.433. The van der Waals surface area contributed by atoms with Crippen molar-refractivity contribution in [2.24, 2.45) is 0 Å². The van der Waals surface area contributed by atoms with Gasteiger partial charge in [0.1, 0.15) is 5.82 Å². The third-order valence-electron chi connectivity index (χ3n) is 3.01. The summed E-state index contributed by atoms with van der Waals surface area (Å²) in [7, 11) is 0. The number of nitrogens with zero attached hydrogens (tertiary/aromatic N) is 1. The summed E-state index contributed by atoms with van der Waals surface area (Å²) in [5, 5.41) is 4.06. The maximum absolute atomic E-state index is 14.1. The first-order chi connectivity index (χ1) is 10.1. The maximum Gasteiger partial charge on any atom is 0.179 e. The SMILES string of the molecule is Nc1noc(-c2ccc(Cl)cc2F)c1-c1cccc(Br)c1. The smallest absolute Gasteiger partial charge is 0.179 e. The molecule has 3 aromatic rings. The van der Waals surface area contributed by atoms with E-state index < -0.39 is 5.82 Å². The first kappa shape index (κ1) is 14.1. The molecule has 0 aliphatic heterocycles. The van der Waals surface area contributed by atoms with E-state index >= 15 is 0 Å². The molecule has 0 spiro atoms. The molecule has 106 valence electrons. The van der Waals surface area contributed by atoms with Crippen molar-refractivity contribution in [2.75, 3.05) is 5.73 Å². The van der Waals surface area contributed by atoms with Crippen LogP contribution in [0.2, 0.25) is 5.02 Å². The van der Waals surface area contributed by atoms with Gasteiger partial charge in [-0.25, -0.2) is 4.39 Å². The van der Waals surface area contributed by atoms with Gasteiger partial charge >= 0.3 is 0 Å². The van der Waals surface area contributed by atoms with Gasteiger partial charge in [0.2, 0.25) is 0 Å². The Morgan fingerprint density at radius 1 is 1.19 bits per heavy atom. The number of hydrogen-bond donors (Lipinski definition) is 1. The number of rotatable bonds is 2. The average molecular weight is 368 g/mol. The highest BCUT2D eigenvalue weighted by Gasteiger charge is 2.20. The molecule has 0 saturated heterocycles. The van der Waals surface area contributed by atoms with E-state index in [2.05, 4.69) is 21.1 Å². The van der Waals surface area contributed by atoms with Gasteiger partial charge in [0.05, 0.1) is 11.1 Å². The van der Waals surface area contributed by atoms with Gasteiger partial charge in [-0.15, -0.1) is 0 Å². The Labute approximate surface area is 133 Å². The largest absolute Gasteiger partial charge is 0.380 e. The van der Waals surface area contributed by atoms with E-state index in [9.17, 15) is 4.39 Å². The van der Waals surface area contributed by atoms with Crippen molar-refractivity contribution in [3.8, 4) is 22.5 Å².